The maximum atomic E-state index is 12.5. The SMILES string of the molecule is COc1cc(NC(=O)c2cnc(Nc3cc(C)on3)nc2)c(OC)cc1Cl. The predicted molar refractivity (Wildman–Crippen MR) is 99.1 cm³/mol. The van der Waals surface area contributed by atoms with Crippen molar-refractivity contribution >= 4 is 35.0 Å². The zero-order valence-corrected chi connectivity index (χ0v) is 15.5. The monoisotopic (exact) mass is 389 g/mol. The van der Waals surface area contributed by atoms with Crippen LogP contribution in [0.25, 0.3) is 0 Å². The first-order chi connectivity index (χ1) is 13.0. The van der Waals surface area contributed by atoms with Gasteiger partial charge in [-0.05, 0) is 6.92 Å². The fourth-order valence-corrected chi connectivity index (χ4v) is 2.43. The molecule has 2 heterocycles. The lowest BCUT2D eigenvalue weighted by atomic mass is 10.2. The van der Waals surface area contributed by atoms with E-state index in [-0.39, 0.29) is 11.5 Å². The van der Waals surface area contributed by atoms with Crippen molar-refractivity contribution in [3.8, 4) is 11.5 Å². The molecule has 3 aromatic rings. The molecule has 140 valence electrons. The van der Waals surface area contributed by atoms with Crippen LogP contribution in [0.5, 0.6) is 11.5 Å². The highest BCUT2D eigenvalue weighted by atomic mass is 35.5. The van der Waals surface area contributed by atoms with Crippen molar-refractivity contribution in [2.45, 2.75) is 6.92 Å². The number of methoxy groups -OCH3 is 2. The Morgan fingerprint density at radius 2 is 1.81 bits per heavy atom. The van der Waals surface area contributed by atoms with Crippen LogP contribution in [0.1, 0.15) is 16.1 Å². The number of hydrogen-bond donors (Lipinski definition) is 2. The van der Waals surface area contributed by atoms with Gasteiger partial charge in [0.1, 0.15) is 17.3 Å². The molecule has 1 aromatic carbocycles. The summed E-state index contributed by atoms with van der Waals surface area (Å²) in [4.78, 5) is 20.7. The third-order valence-corrected chi connectivity index (χ3v) is 3.80. The molecule has 0 spiro atoms. The average Bonchev–Trinajstić information content (AvgIpc) is 3.08. The number of hydrogen-bond acceptors (Lipinski definition) is 8. The fourth-order valence-electron chi connectivity index (χ4n) is 2.20. The molecule has 0 saturated carbocycles. The molecule has 1 amide bonds. The molecule has 0 aliphatic rings. The first kappa shape index (κ1) is 18.5. The Kier molecular flexibility index (Phi) is 5.41. The Morgan fingerprint density at radius 1 is 1.11 bits per heavy atom. The number of nitrogens with zero attached hydrogens (tertiary/aromatic N) is 3. The highest BCUT2D eigenvalue weighted by Gasteiger charge is 2.14. The minimum absolute atomic E-state index is 0.257. The van der Waals surface area contributed by atoms with Crippen LogP contribution in [-0.2, 0) is 0 Å². The second-order valence-electron chi connectivity index (χ2n) is 5.38. The van der Waals surface area contributed by atoms with Crippen LogP contribution in [0.4, 0.5) is 17.5 Å². The molecule has 3 rings (SSSR count). The highest BCUT2D eigenvalue weighted by Crippen LogP contribution is 2.36. The Bertz CT molecular complexity index is 958. The fraction of sp³-hybridized carbons (Fsp3) is 0.176. The van der Waals surface area contributed by atoms with Gasteiger partial charge in [0.25, 0.3) is 5.91 Å². The van der Waals surface area contributed by atoms with Crippen LogP contribution < -0.4 is 20.1 Å². The van der Waals surface area contributed by atoms with Crippen LogP contribution in [0, 0.1) is 6.92 Å². The number of benzene rings is 1. The second-order valence-corrected chi connectivity index (χ2v) is 5.79. The summed E-state index contributed by atoms with van der Waals surface area (Å²) in [5.41, 5.74) is 0.664. The smallest absolute Gasteiger partial charge is 0.258 e. The molecule has 2 aromatic heterocycles. The molecule has 0 bridgehead atoms. The zero-order valence-electron chi connectivity index (χ0n) is 14.7. The van der Waals surface area contributed by atoms with E-state index < -0.39 is 5.91 Å². The molecule has 0 fully saturated rings. The normalized spacial score (nSPS) is 10.4. The molecule has 0 aliphatic heterocycles. The van der Waals surface area contributed by atoms with E-state index in [1.807, 2.05) is 0 Å². The number of halogens is 1. The average molecular weight is 390 g/mol. The zero-order chi connectivity index (χ0) is 19.4. The van der Waals surface area contributed by atoms with Crippen LogP contribution in [0.15, 0.2) is 35.1 Å². The van der Waals surface area contributed by atoms with Gasteiger partial charge in [-0.3, -0.25) is 4.79 Å². The molecule has 0 atom stereocenters. The van der Waals surface area contributed by atoms with Gasteiger partial charge in [-0.1, -0.05) is 16.8 Å². The quantitative estimate of drug-likeness (QED) is 0.659. The molecular formula is C17H16ClN5O4. The largest absolute Gasteiger partial charge is 0.495 e. The van der Waals surface area contributed by atoms with E-state index in [9.17, 15) is 4.79 Å². The molecule has 0 saturated heterocycles. The highest BCUT2D eigenvalue weighted by molar-refractivity contribution is 6.32. The van der Waals surface area contributed by atoms with Gasteiger partial charge < -0.3 is 24.6 Å². The second kappa shape index (κ2) is 7.92. The van der Waals surface area contributed by atoms with Crippen LogP contribution in [-0.4, -0.2) is 35.3 Å². The Labute approximate surface area is 159 Å². The number of amides is 1. The van der Waals surface area contributed by atoms with Gasteiger partial charge in [0, 0.05) is 30.6 Å². The number of carbonyl (C=O) groups is 1. The van der Waals surface area contributed by atoms with E-state index in [4.69, 9.17) is 25.6 Å². The summed E-state index contributed by atoms with van der Waals surface area (Å²) < 4.78 is 15.3. The summed E-state index contributed by atoms with van der Waals surface area (Å²) in [6.45, 7) is 1.77. The molecule has 0 aliphatic carbocycles. The van der Waals surface area contributed by atoms with Gasteiger partial charge in [-0.15, -0.1) is 0 Å². The Morgan fingerprint density at radius 3 is 2.41 bits per heavy atom. The maximum absolute atomic E-state index is 12.5. The Hall–Kier alpha value is -3.33. The number of nitrogens with one attached hydrogen (secondary N) is 2. The minimum Gasteiger partial charge on any atom is -0.495 e. The summed E-state index contributed by atoms with van der Waals surface area (Å²) in [5.74, 6) is 1.80. The Balaban J connectivity index is 1.74. The van der Waals surface area contributed by atoms with Gasteiger partial charge in [0.05, 0.1) is 30.5 Å². The topological polar surface area (TPSA) is 111 Å². The molecule has 0 unspecified atom stereocenters. The van der Waals surface area contributed by atoms with Crippen molar-refractivity contribution in [2.75, 3.05) is 24.9 Å². The van der Waals surface area contributed by atoms with Crippen molar-refractivity contribution in [3.63, 3.8) is 0 Å². The van der Waals surface area contributed by atoms with Gasteiger partial charge in [0.15, 0.2) is 5.82 Å². The van der Waals surface area contributed by atoms with Gasteiger partial charge in [0.2, 0.25) is 5.95 Å². The van der Waals surface area contributed by atoms with Crippen molar-refractivity contribution < 1.29 is 18.8 Å². The first-order valence-electron chi connectivity index (χ1n) is 7.75. The third kappa shape index (κ3) is 4.26. The summed E-state index contributed by atoms with van der Waals surface area (Å²) >= 11 is 6.06. The van der Waals surface area contributed by atoms with Crippen molar-refractivity contribution in [3.05, 3.63) is 46.9 Å². The molecule has 10 heteroatoms. The summed E-state index contributed by atoms with van der Waals surface area (Å²) in [6, 6.07) is 4.83. The molecular weight excluding hydrogens is 374 g/mol. The first-order valence-corrected chi connectivity index (χ1v) is 8.13. The maximum Gasteiger partial charge on any atom is 0.258 e. The van der Waals surface area contributed by atoms with E-state index in [0.29, 0.717) is 33.8 Å². The number of rotatable bonds is 6. The van der Waals surface area contributed by atoms with E-state index in [0.717, 1.165) is 0 Å². The predicted octanol–water partition coefficient (Wildman–Crippen LogP) is 3.44. The van der Waals surface area contributed by atoms with Crippen LogP contribution in [0.3, 0.4) is 0 Å². The minimum atomic E-state index is -0.415. The van der Waals surface area contributed by atoms with Gasteiger partial charge >= 0.3 is 0 Å². The van der Waals surface area contributed by atoms with E-state index in [1.54, 1.807) is 25.1 Å². The van der Waals surface area contributed by atoms with E-state index in [2.05, 4.69) is 25.8 Å². The van der Waals surface area contributed by atoms with Gasteiger partial charge in [-0.25, -0.2) is 9.97 Å². The third-order valence-electron chi connectivity index (χ3n) is 3.50. The summed E-state index contributed by atoms with van der Waals surface area (Å²) in [7, 11) is 2.96. The van der Waals surface area contributed by atoms with Crippen molar-refractivity contribution in [2.24, 2.45) is 0 Å². The summed E-state index contributed by atoms with van der Waals surface area (Å²) in [5, 5.41) is 9.75. The number of ether oxygens (including phenoxy) is 2. The number of carbonyl (C=O) groups excluding carboxylic acids is 1. The standard InChI is InChI=1S/C17H16ClN5O4/c1-9-4-15(23-27-9)22-17-19-7-10(8-20-17)16(24)21-12-6-13(25-2)11(18)5-14(12)26-3/h4-8H,1-3H3,(H,21,24)(H,19,20,22,23). The lowest BCUT2D eigenvalue weighted by Crippen LogP contribution is -2.14. The summed E-state index contributed by atoms with van der Waals surface area (Å²) in [6.07, 6.45) is 2.77. The van der Waals surface area contributed by atoms with Crippen LogP contribution >= 0.6 is 11.6 Å². The van der Waals surface area contributed by atoms with E-state index >= 15 is 0 Å². The lowest BCUT2D eigenvalue weighted by molar-refractivity contribution is 0.102. The molecule has 9 nitrogen and oxygen atoms in total. The van der Waals surface area contributed by atoms with Crippen molar-refractivity contribution in [1.29, 1.82) is 0 Å². The molecule has 0 radical (unpaired) electrons. The number of aromatic nitrogens is 3. The lowest BCUT2D eigenvalue weighted by Gasteiger charge is -2.13. The number of anilines is 3. The van der Waals surface area contributed by atoms with Crippen LogP contribution in [0.2, 0.25) is 5.02 Å². The number of aryl methyl sites for hydroxylation is 1. The molecule has 2 N–H and O–H groups in total. The van der Waals surface area contributed by atoms with E-state index in [1.165, 1.54) is 26.6 Å². The van der Waals surface area contributed by atoms with Gasteiger partial charge in [-0.2, -0.15) is 0 Å². The van der Waals surface area contributed by atoms with Crippen molar-refractivity contribution in [1.82, 2.24) is 15.1 Å². The molecule has 27 heavy (non-hydrogen) atoms.